The van der Waals surface area contributed by atoms with Crippen LogP contribution in [0.1, 0.15) is 6.92 Å². The minimum absolute atomic E-state index is 0.0156. The van der Waals surface area contributed by atoms with Crippen LogP contribution in [-0.4, -0.2) is 8.42 Å². The molecule has 1 aromatic carbocycles. The Morgan fingerprint density at radius 1 is 1.36 bits per heavy atom. The third-order valence-electron chi connectivity index (χ3n) is 1.51. The van der Waals surface area contributed by atoms with Crippen LogP contribution in [0.15, 0.2) is 41.5 Å². The van der Waals surface area contributed by atoms with Crippen molar-refractivity contribution in [2.45, 2.75) is 11.8 Å². The highest BCUT2D eigenvalue weighted by Gasteiger charge is 2.16. The molecule has 0 fully saturated rings. The number of rotatable bonds is 3. The molecule has 0 amide bonds. The van der Waals surface area contributed by atoms with Gasteiger partial charge in [0.25, 0.3) is 0 Å². The molecule has 2 N–H and O–H groups in total. The molecule has 0 spiro atoms. The van der Waals surface area contributed by atoms with Crippen molar-refractivity contribution in [3.63, 3.8) is 0 Å². The molecule has 0 bridgehead atoms. The van der Waals surface area contributed by atoms with E-state index in [-0.39, 0.29) is 10.6 Å². The standard InChI is InChI=1S/C9H11NO3S/c1-2-7-13-14(11,12)9-6-4-3-5-8(9)10/h2-7H,10H2,1H3/b7-2+. The first-order valence-electron chi connectivity index (χ1n) is 3.97. The molecule has 1 aromatic rings. The first-order valence-corrected chi connectivity index (χ1v) is 5.37. The van der Waals surface area contributed by atoms with Gasteiger partial charge in [-0.05, 0) is 19.1 Å². The molecule has 1 rings (SSSR count). The van der Waals surface area contributed by atoms with Crippen molar-refractivity contribution >= 4 is 15.8 Å². The zero-order valence-corrected chi connectivity index (χ0v) is 8.49. The van der Waals surface area contributed by atoms with E-state index in [9.17, 15) is 8.42 Å². The van der Waals surface area contributed by atoms with Crippen LogP contribution in [-0.2, 0) is 14.3 Å². The van der Waals surface area contributed by atoms with E-state index in [1.54, 1.807) is 19.1 Å². The SMILES string of the molecule is C/C=C/OS(=O)(=O)c1ccccc1N. The molecule has 4 nitrogen and oxygen atoms in total. The summed E-state index contributed by atoms with van der Waals surface area (Å²) in [6.07, 6.45) is 2.58. The van der Waals surface area contributed by atoms with E-state index in [1.807, 2.05) is 0 Å². The Morgan fingerprint density at radius 2 is 2.00 bits per heavy atom. The number of benzene rings is 1. The normalized spacial score (nSPS) is 11.8. The van der Waals surface area contributed by atoms with Crippen LogP contribution < -0.4 is 5.73 Å². The van der Waals surface area contributed by atoms with Gasteiger partial charge in [-0.15, -0.1) is 0 Å². The predicted molar refractivity (Wildman–Crippen MR) is 53.9 cm³/mol. The number of hydrogen-bond donors (Lipinski definition) is 1. The van der Waals surface area contributed by atoms with Gasteiger partial charge in [-0.25, -0.2) is 0 Å². The second-order valence-electron chi connectivity index (χ2n) is 2.56. The van der Waals surface area contributed by atoms with Crippen molar-refractivity contribution in [2.24, 2.45) is 0 Å². The Morgan fingerprint density at radius 3 is 2.57 bits per heavy atom. The summed E-state index contributed by atoms with van der Waals surface area (Å²) in [6.45, 7) is 1.66. The van der Waals surface area contributed by atoms with E-state index in [1.165, 1.54) is 18.2 Å². The van der Waals surface area contributed by atoms with Gasteiger partial charge >= 0.3 is 10.1 Å². The van der Waals surface area contributed by atoms with Crippen LogP contribution in [0.3, 0.4) is 0 Å². The third kappa shape index (κ3) is 2.26. The molecule has 0 aliphatic heterocycles. The van der Waals surface area contributed by atoms with Gasteiger partial charge < -0.3 is 9.92 Å². The maximum Gasteiger partial charge on any atom is 0.340 e. The molecule has 0 saturated carbocycles. The minimum Gasteiger partial charge on any atom is -0.398 e. The summed E-state index contributed by atoms with van der Waals surface area (Å²) in [7, 11) is -3.76. The molecule has 5 heteroatoms. The van der Waals surface area contributed by atoms with Crippen LogP contribution in [0, 0.1) is 0 Å². The van der Waals surface area contributed by atoms with Gasteiger partial charge in [-0.2, -0.15) is 8.42 Å². The number of para-hydroxylation sites is 1. The summed E-state index contributed by atoms with van der Waals surface area (Å²) >= 11 is 0. The molecular formula is C9H11NO3S. The number of hydrogen-bond acceptors (Lipinski definition) is 4. The Labute approximate surface area is 83.1 Å². The molecule has 0 unspecified atom stereocenters. The second-order valence-corrected chi connectivity index (χ2v) is 4.10. The van der Waals surface area contributed by atoms with Crippen LogP contribution in [0.5, 0.6) is 0 Å². The van der Waals surface area contributed by atoms with E-state index in [0.29, 0.717) is 0 Å². The van der Waals surface area contributed by atoms with Crippen LogP contribution in [0.4, 0.5) is 5.69 Å². The molecule has 0 aliphatic rings. The Balaban J connectivity index is 3.11. The molecule has 0 saturated heterocycles. The number of nitrogen functional groups attached to an aromatic ring is 1. The molecule has 0 aromatic heterocycles. The lowest BCUT2D eigenvalue weighted by atomic mass is 10.3. The van der Waals surface area contributed by atoms with E-state index in [2.05, 4.69) is 4.18 Å². The third-order valence-corrected chi connectivity index (χ3v) is 2.78. The lowest BCUT2D eigenvalue weighted by molar-refractivity contribution is 0.443. The number of anilines is 1. The fourth-order valence-corrected chi connectivity index (χ4v) is 1.85. The van der Waals surface area contributed by atoms with Crippen LogP contribution in [0.25, 0.3) is 0 Å². The fourth-order valence-electron chi connectivity index (χ4n) is 0.889. The monoisotopic (exact) mass is 213 g/mol. The van der Waals surface area contributed by atoms with E-state index in [0.717, 1.165) is 6.26 Å². The summed E-state index contributed by atoms with van der Waals surface area (Å²) in [4.78, 5) is -0.0156. The van der Waals surface area contributed by atoms with E-state index in [4.69, 9.17) is 5.73 Å². The number of allylic oxidation sites excluding steroid dienone is 1. The lowest BCUT2D eigenvalue weighted by Crippen LogP contribution is -2.05. The summed E-state index contributed by atoms with van der Waals surface area (Å²) in [5.74, 6) is 0. The molecular weight excluding hydrogens is 202 g/mol. The van der Waals surface area contributed by atoms with Gasteiger partial charge in [0.05, 0.1) is 5.69 Å². The predicted octanol–water partition coefficient (Wildman–Crippen LogP) is 1.51. The first-order chi connectivity index (χ1) is 6.58. The van der Waals surface area contributed by atoms with Crippen molar-refractivity contribution in [1.29, 1.82) is 0 Å². The maximum absolute atomic E-state index is 11.5. The quantitative estimate of drug-likeness (QED) is 0.469. The van der Waals surface area contributed by atoms with Gasteiger partial charge in [-0.1, -0.05) is 18.2 Å². The van der Waals surface area contributed by atoms with Crippen molar-refractivity contribution in [3.8, 4) is 0 Å². The maximum atomic E-state index is 11.5. The van der Waals surface area contributed by atoms with Gasteiger partial charge in [-0.3, -0.25) is 0 Å². The minimum atomic E-state index is -3.76. The van der Waals surface area contributed by atoms with Crippen molar-refractivity contribution in [1.82, 2.24) is 0 Å². The Bertz CT molecular complexity index is 437. The van der Waals surface area contributed by atoms with Gasteiger partial charge in [0.2, 0.25) is 0 Å². The van der Waals surface area contributed by atoms with Gasteiger partial charge in [0, 0.05) is 0 Å². The van der Waals surface area contributed by atoms with Crippen molar-refractivity contribution in [3.05, 3.63) is 36.6 Å². The van der Waals surface area contributed by atoms with Crippen LogP contribution in [0.2, 0.25) is 0 Å². The molecule has 0 atom stereocenters. The summed E-state index contributed by atoms with van der Waals surface area (Å²) in [5, 5.41) is 0. The molecule has 0 heterocycles. The Kier molecular flexibility index (Phi) is 3.14. The van der Waals surface area contributed by atoms with E-state index >= 15 is 0 Å². The van der Waals surface area contributed by atoms with Crippen molar-refractivity contribution in [2.75, 3.05) is 5.73 Å². The average molecular weight is 213 g/mol. The Hall–Kier alpha value is -1.49. The molecule has 0 aliphatic carbocycles. The zero-order chi connectivity index (χ0) is 10.6. The molecule has 76 valence electrons. The smallest absolute Gasteiger partial charge is 0.340 e. The van der Waals surface area contributed by atoms with Gasteiger partial charge in [0.1, 0.15) is 11.2 Å². The molecule has 14 heavy (non-hydrogen) atoms. The first kappa shape index (κ1) is 10.6. The van der Waals surface area contributed by atoms with Gasteiger partial charge in [0.15, 0.2) is 0 Å². The topological polar surface area (TPSA) is 69.4 Å². The zero-order valence-electron chi connectivity index (χ0n) is 7.67. The average Bonchev–Trinajstić information content (AvgIpc) is 2.15. The largest absolute Gasteiger partial charge is 0.398 e. The fraction of sp³-hybridized carbons (Fsp3) is 0.111. The summed E-state index contributed by atoms with van der Waals surface area (Å²) in [6, 6.07) is 6.15. The summed E-state index contributed by atoms with van der Waals surface area (Å²) in [5.41, 5.74) is 5.67. The summed E-state index contributed by atoms with van der Waals surface area (Å²) < 4.78 is 27.5. The highest BCUT2D eigenvalue weighted by Crippen LogP contribution is 2.19. The highest BCUT2D eigenvalue weighted by molar-refractivity contribution is 7.87. The second kappa shape index (κ2) is 4.15. The van der Waals surface area contributed by atoms with E-state index < -0.39 is 10.1 Å². The van der Waals surface area contributed by atoms with Crippen LogP contribution >= 0.6 is 0 Å². The molecule has 0 radical (unpaired) electrons. The highest BCUT2D eigenvalue weighted by atomic mass is 32.2. The lowest BCUT2D eigenvalue weighted by Gasteiger charge is -2.04. The van der Waals surface area contributed by atoms with Crippen molar-refractivity contribution < 1.29 is 12.6 Å². The number of nitrogens with two attached hydrogens (primary N) is 1.